The lowest BCUT2D eigenvalue weighted by atomic mass is 9.68. The van der Waals surface area contributed by atoms with Gasteiger partial charge in [-0.15, -0.1) is 0 Å². The molecular weight excluding hydrogens is 148 g/mol. The van der Waals surface area contributed by atoms with Crippen LogP contribution in [0.5, 0.6) is 0 Å². The van der Waals surface area contributed by atoms with Gasteiger partial charge in [-0.1, -0.05) is 32.4 Å². The van der Waals surface area contributed by atoms with Crippen LogP contribution in [0.1, 0.15) is 40.0 Å². The lowest BCUT2D eigenvalue weighted by Crippen LogP contribution is -2.44. The summed E-state index contributed by atoms with van der Waals surface area (Å²) >= 11 is 0. The molecule has 0 aromatic rings. The van der Waals surface area contributed by atoms with E-state index in [0.29, 0.717) is 11.8 Å². The van der Waals surface area contributed by atoms with Crippen LogP contribution >= 0.6 is 0 Å². The maximum atomic E-state index is 10.2. The first-order chi connectivity index (χ1) is 5.48. The van der Waals surface area contributed by atoms with Gasteiger partial charge in [0.05, 0.1) is 5.60 Å². The zero-order valence-corrected chi connectivity index (χ0v) is 8.43. The van der Waals surface area contributed by atoms with E-state index in [9.17, 15) is 5.11 Å². The zero-order valence-electron chi connectivity index (χ0n) is 8.43. The van der Waals surface area contributed by atoms with Gasteiger partial charge in [0.25, 0.3) is 0 Å². The van der Waals surface area contributed by atoms with E-state index >= 15 is 0 Å². The molecule has 0 heterocycles. The Labute approximate surface area is 75.5 Å². The van der Waals surface area contributed by atoms with E-state index in [0.717, 1.165) is 19.3 Å². The Bertz CT molecular complexity index is 181. The minimum atomic E-state index is -0.476. The molecule has 70 valence electrons. The molecule has 1 N–H and O–H groups in total. The summed E-state index contributed by atoms with van der Waals surface area (Å²) in [6, 6.07) is 0. The second-order valence-electron chi connectivity index (χ2n) is 4.39. The van der Waals surface area contributed by atoms with Crippen molar-refractivity contribution in [3.63, 3.8) is 0 Å². The van der Waals surface area contributed by atoms with Crippen molar-refractivity contribution in [3.05, 3.63) is 12.2 Å². The first-order valence-electron chi connectivity index (χ1n) is 4.87. The maximum Gasteiger partial charge on any atom is 0.0679 e. The molecule has 12 heavy (non-hydrogen) atoms. The third-order valence-electron chi connectivity index (χ3n) is 3.45. The van der Waals surface area contributed by atoms with E-state index in [-0.39, 0.29) is 0 Å². The average molecular weight is 168 g/mol. The summed E-state index contributed by atoms with van der Waals surface area (Å²) in [5.74, 6) is 0.775. The van der Waals surface area contributed by atoms with Gasteiger partial charge in [-0.2, -0.15) is 0 Å². The zero-order chi connectivity index (χ0) is 9.35. The molecular formula is C11H20O. The first kappa shape index (κ1) is 9.79. The highest BCUT2D eigenvalue weighted by molar-refractivity contribution is 5.08. The van der Waals surface area contributed by atoms with Crippen molar-refractivity contribution < 1.29 is 5.11 Å². The summed E-state index contributed by atoms with van der Waals surface area (Å²) in [5, 5.41) is 10.2. The Balaban J connectivity index is 2.77. The van der Waals surface area contributed by atoms with E-state index < -0.39 is 5.60 Å². The third-order valence-corrected chi connectivity index (χ3v) is 3.45. The number of aliphatic hydroxyl groups is 1. The summed E-state index contributed by atoms with van der Waals surface area (Å²) < 4.78 is 0. The molecule has 0 spiro atoms. The highest BCUT2D eigenvalue weighted by Crippen LogP contribution is 2.41. The Kier molecular flexibility index (Phi) is 2.62. The largest absolute Gasteiger partial charge is 0.390 e. The Morgan fingerprint density at radius 1 is 1.58 bits per heavy atom. The van der Waals surface area contributed by atoms with Gasteiger partial charge < -0.3 is 5.11 Å². The SMILES string of the molecule is C=C1CC(C)C(C)(O)C(CC)C1. The summed E-state index contributed by atoms with van der Waals surface area (Å²) in [5.41, 5.74) is 0.830. The van der Waals surface area contributed by atoms with Gasteiger partial charge >= 0.3 is 0 Å². The number of hydrogen-bond acceptors (Lipinski definition) is 1. The summed E-state index contributed by atoms with van der Waals surface area (Å²) in [6.07, 6.45) is 3.05. The molecule has 0 aromatic heterocycles. The third kappa shape index (κ3) is 1.56. The first-order valence-corrected chi connectivity index (χ1v) is 4.87. The van der Waals surface area contributed by atoms with Gasteiger partial charge in [-0.3, -0.25) is 0 Å². The predicted octanol–water partition coefficient (Wildman–Crippen LogP) is 2.75. The minimum Gasteiger partial charge on any atom is -0.390 e. The van der Waals surface area contributed by atoms with Gasteiger partial charge in [0.2, 0.25) is 0 Å². The van der Waals surface area contributed by atoms with Crippen LogP contribution in [0, 0.1) is 11.8 Å². The molecule has 1 aliphatic carbocycles. The second kappa shape index (κ2) is 3.21. The highest BCUT2D eigenvalue weighted by Gasteiger charge is 2.39. The van der Waals surface area contributed by atoms with Gasteiger partial charge in [-0.25, -0.2) is 0 Å². The molecule has 0 bridgehead atoms. The van der Waals surface area contributed by atoms with Crippen LogP contribution < -0.4 is 0 Å². The second-order valence-corrected chi connectivity index (χ2v) is 4.39. The summed E-state index contributed by atoms with van der Waals surface area (Å²) in [6.45, 7) is 10.2. The number of allylic oxidation sites excluding steroid dienone is 1. The fourth-order valence-corrected chi connectivity index (χ4v) is 2.24. The summed E-state index contributed by atoms with van der Waals surface area (Å²) in [4.78, 5) is 0. The highest BCUT2D eigenvalue weighted by atomic mass is 16.3. The fraction of sp³-hybridized carbons (Fsp3) is 0.818. The van der Waals surface area contributed by atoms with Crippen molar-refractivity contribution in [2.45, 2.75) is 45.6 Å². The lowest BCUT2D eigenvalue weighted by Gasteiger charge is -2.42. The normalized spacial score (nSPS) is 43.2. The molecule has 1 heteroatoms. The molecule has 0 aromatic carbocycles. The minimum absolute atomic E-state index is 0.365. The van der Waals surface area contributed by atoms with Crippen LogP contribution in [-0.4, -0.2) is 10.7 Å². The van der Waals surface area contributed by atoms with Crippen LogP contribution in [0.4, 0.5) is 0 Å². The topological polar surface area (TPSA) is 20.2 Å². The molecule has 1 nitrogen and oxygen atoms in total. The van der Waals surface area contributed by atoms with Crippen LogP contribution in [0.25, 0.3) is 0 Å². The molecule has 0 saturated heterocycles. The van der Waals surface area contributed by atoms with Crippen LogP contribution in [0.15, 0.2) is 12.2 Å². The van der Waals surface area contributed by atoms with Crippen molar-refractivity contribution in [2.75, 3.05) is 0 Å². The van der Waals surface area contributed by atoms with Gasteiger partial charge in [0.1, 0.15) is 0 Å². The molecule has 0 aliphatic heterocycles. The van der Waals surface area contributed by atoms with Crippen molar-refractivity contribution in [3.8, 4) is 0 Å². The smallest absolute Gasteiger partial charge is 0.0679 e. The monoisotopic (exact) mass is 168 g/mol. The van der Waals surface area contributed by atoms with E-state index in [1.54, 1.807) is 0 Å². The Morgan fingerprint density at radius 3 is 2.67 bits per heavy atom. The molecule has 3 atom stereocenters. The average Bonchev–Trinajstić information content (AvgIpc) is 1.97. The quantitative estimate of drug-likeness (QED) is 0.597. The standard InChI is InChI=1S/C11H20O/c1-5-10-7-8(2)6-9(3)11(10,4)12/h9-10,12H,2,5-7H2,1,3-4H3. The van der Waals surface area contributed by atoms with E-state index in [4.69, 9.17) is 0 Å². The van der Waals surface area contributed by atoms with E-state index in [1.165, 1.54) is 5.57 Å². The fourth-order valence-electron chi connectivity index (χ4n) is 2.24. The number of rotatable bonds is 1. The molecule has 3 unspecified atom stereocenters. The van der Waals surface area contributed by atoms with Gasteiger partial charge in [0, 0.05) is 0 Å². The Hall–Kier alpha value is -0.300. The van der Waals surface area contributed by atoms with E-state index in [2.05, 4.69) is 20.4 Å². The maximum absolute atomic E-state index is 10.2. The molecule has 1 fully saturated rings. The van der Waals surface area contributed by atoms with Crippen LogP contribution in [-0.2, 0) is 0 Å². The molecule has 0 radical (unpaired) electrons. The van der Waals surface area contributed by atoms with Crippen molar-refractivity contribution in [1.29, 1.82) is 0 Å². The number of hydrogen-bond donors (Lipinski definition) is 1. The van der Waals surface area contributed by atoms with Crippen LogP contribution in [0.3, 0.4) is 0 Å². The van der Waals surface area contributed by atoms with Crippen LogP contribution in [0.2, 0.25) is 0 Å². The lowest BCUT2D eigenvalue weighted by molar-refractivity contribution is -0.0617. The molecule has 1 saturated carbocycles. The predicted molar refractivity (Wildman–Crippen MR) is 51.9 cm³/mol. The van der Waals surface area contributed by atoms with Crippen molar-refractivity contribution in [1.82, 2.24) is 0 Å². The van der Waals surface area contributed by atoms with E-state index in [1.807, 2.05) is 6.92 Å². The summed E-state index contributed by atoms with van der Waals surface area (Å²) in [7, 11) is 0. The Morgan fingerprint density at radius 2 is 2.17 bits per heavy atom. The molecule has 0 amide bonds. The van der Waals surface area contributed by atoms with Crippen molar-refractivity contribution >= 4 is 0 Å². The molecule has 1 rings (SSSR count). The molecule has 1 aliphatic rings. The van der Waals surface area contributed by atoms with Crippen molar-refractivity contribution in [2.24, 2.45) is 11.8 Å². The van der Waals surface area contributed by atoms with Gasteiger partial charge in [-0.05, 0) is 31.6 Å². The van der Waals surface area contributed by atoms with Gasteiger partial charge in [0.15, 0.2) is 0 Å².